The molecular formula is C23H19ClN4OS. The van der Waals surface area contributed by atoms with Crippen LogP contribution in [-0.2, 0) is 6.54 Å². The van der Waals surface area contributed by atoms with Gasteiger partial charge in [0.25, 0.3) is 0 Å². The molecule has 0 aliphatic heterocycles. The Kier molecular flexibility index (Phi) is 6.26. The van der Waals surface area contributed by atoms with E-state index in [1.165, 1.54) is 11.8 Å². The Morgan fingerprint density at radius 2 is 1.80 bits per heavy atom. The van der Waals surface area contributed by atoms with Gasteiger partial charge in [-0.3, -0.25) is 14.3 Å². The third kappa shape index (κ3) is 4.61. The molecule has 0 aliphatic carbocycles. The van der Waals surface area contributed by atoms with E-state index >= 15 is 0 Å². The van der Waals surface area contributed by atoms with Crippen molar-refractivity contribution in [2.45, 2.75) is 23.9 Å². The van der Waals surface area contributed by atoms with Crippen molar-refractivity contribution in [2.75, 3.05) is 0 Å². The number of aromatic nitrogens is 4. The molecule has 5 nitrogen and oxygen atoms in total. The maximum Gasteiger partial charge on any atom is 0.192 e. The second-order valence-corrected chi connectivity index (χ2v) is 8.49. The number of rotatable bonds is 7. The topological polar surface area (TPSA) is 60.7 Å². The average Bonchev–Trinajstić information content (AvgIpc) is 3.16. The molecule has 150 valence electrons. The predicted octanol–water partition coefficient (Wildman–Crippen LogP) is 5.41. The summed E-state index contributed by atoms with van der Waals surface area (Å²) < 4.78 is 2.04. The summed E-state index contributed by atoms with van der Waals surface area (Å²) in [5, 5.41) is 9.71. The van der Waals surface area contributed by atoms with Crippen LogP contribution in [0.3, 0.4) is 0 Å². The molecule has 0 radical (unpaired) electrons. The maximum atomic E-state index is 12.9. The highest BCUT2D eigenvalue weighted by atomic mass is 35.5. The molecule has 2 aromatic heterocycles. The highest BCUT2D eigenvalue weighted by Crippen LogP contribution is 2.29. The van der Waals surface area contributed by atoms with Crippen LogP contribution in [0.1, 0.15) is 22.8 Å². The predicted molar refractivity (Wildman–Crippen MR) is 120 cm³/mol. The first-order valence-corrected chi connectivity index (χ1v) is 10.7. The van der Waals surface area contributed by atoms with Crippen LogP contribution in [0.5, 0.6) is 0 Å². The van der Waals surface area contributed by atoms with E-state index in [0.29, 0.717) is 22.3 Å². The fourth-order valence-electron chi connectivity index (χ4n) is 3.09. The SMILES string of the molecule is CC(Sc1nnc(-c2ccncc2)n1Cc1ccccc1)C(=O)c1cccc(Cl)c1. The second-order valence-electron chi connectivity index (χ2n) is 6.75. The first-order chi connectivity index (χ1) is 14.6. The monoisotopic (exact) mass is 434 g/mol. The summed E-state index contributed by atoms with van der Waals surface area (Å²) in [6, 6.07) is 20.9. The lowest BCUT2D eigenvalue weighted by molar-refractivity contribution is 0.0994. The van der Waals surface area contributed by atoms with Crippen molar-refractivity contribution in [3.63, 3.8) is 0 Å². The molecule has 2 heterocycles. The molecule has 0 spiro atoms. The van der Waals surface area contributed by atoms with E-state index < -0.39 is 0 Å². The lowest BCUT2D eigenvalue weighted by atomic mass is 10.1. The van der Waals surface area contributed by atoms with E-state index in [2.05, 4.69) is 27.3 Å². The number of hydrogen-bond acceptors (Lipinski definition) is 5. The number of pyridine rings is 1. The Bertz CT molecular complexity index is 1150. The van der Waals surface area contributed by atoms with Crippen LogP contribution >= 0.6 is 23.4 Å². The molecule has 0 aliphatic rings. The molecule has 0 bridgehead atoms. The molecule has 0 saturated carbocycles. The van der Waals surface area contributed by atoms with Gasteiger partial charge in [-0.15, -0.1) is 10.2 Å². The van der Waals surface area contributed by atoms with E-state index in [4.69, 9.17) is 11.6 Å². The number of carbonyl (C=O) groups is 1. The summed E-state index contributed by atoms with van der Waals surface area (Å²) >= 11 is 7.44. The molecule has 7 heteroatoms. The van der Waals surface area contributed by atoms with E-state index in [0.717, 1.165) is 17.0 Å². The Morgan fingerprint density at radius 1 is 1.03 bits per heavy atom. The molecular weight excluding hydrogens is 416 g/mol. The summed E-state index contributed by atoms with van der Waals surface area (Å²) in [5.74, 6) is 0.744. The van der Waals surface area contributed by atoms with Crippen molar-refractivity contribution in [3.8, 4) is 11.4 Å². The van der Waals surface area contributed by atoms with Crippen LogP contribution < -0.4 is 0 Å². The first-order valence-electron chi connectivity index (χ1n) is 9.46. The van der Waals surface area contributed by atoms with Gasteiger partial charge in [-0.1, -0.05) is 65.8 Å². The van der Waals surface area contributed by atoms with Crippen LogP contribution in [0.2, 0.25) is 5.02 Å². The lowest BCUT2D eigenvalue weighted by Crippen LogP contribution is -2.15. The van der Waals surface area contributed by atoms with Crippen molar-refractivity contribution in [1.29, 1.82) is 0 Å². The molecule has 0 fully saturated rings. The summed E-state index contributed by atoms with van der Waals surface area (Å²) in [6.45, 7) is 2.48. The quantitative estimate of drug-likeness (QED) is 0.287. The minimum atomic E-state index is -0.340. The molecule has 30 heavy (non-hydrogen) atoms. The number of Topliss-reactive ketones (excluding diaryl/α,β-unsaturated/α-hetero) is 1. The highest BCUT2D eigenvalue weighted by molar-refractivity contribution is 8.00. The van der Waals surface area contributed by atoms with Gasteiger partial charge >= 0.3 is 0 Å². The number of nitrogens with zero attached hydrogens (tertiary/aromatic N) is 4. The molecule has 1 atom stereocenters. The fraction of sp³-hybridized carbons (Fsp3) is 0.130. The molecule has 0 N–H and O–H groups in total. The molecule has 1 unspecified atom stereocenters. The minimum absolute atomic E-state index is 0.00206. The van der Waals surface area contributed by atoms with E-state index in [9.17, 15) is 4.79 Å². The number of thioether (sulfide) groups is 1. The number of halogens is 1. The Labute approximate surface area is 184 Å². The van der Waals surface area contributed by atoms with Crippen LogP contribution in [0.15, 0.2) is 84.3 Å². The van der Waals surface area contributed by atoms with Gasteiger partial charge in [0.1, 0.15) is 0 Å². The number of benzene rings is 2. The van der Waals surface area contributed by atoms with Crippen molar-refractivity contribution >= 4 is 29.1 Å². The summed E-state index contributed by atoms with van der Waals surface area (Å²) in [5.41, 5.74) is 2.64. The first kappa shape index (κ1) is 20.3. The van der Waals surface area contributed by atoms with E-state index in [1.807, 2.05) is 41.8 Å². The third-order valence-electron chi connectivity index (χ3n) is 4.60. The largest absolute Gasteiger partial charge is 0.298 e. The normalized spacial score (nSPS) is 11.9. The van der Waals surface area contributed by atoms with Gasteiger partial charge < -0.3 is 0 Å². The molecule has 0 saturated heterocycles. The van der Waals surface area contributed by atoms with Gasteiger partial charge in [-0.2, -0.15) is 0 Å². The Balaban J connectivity index is 1.65. The summed E-state index contributed by atoms with van der Waals surface area (Å²) in [4.78, 5) is 17.0. The van der Waals surface area contributed by atoms with Crippen molar-refractivity contribution in [1.82, 2.24) is 19.7 Å². The van der Waals surface area contributed by atoms with Crippen LogP contribution in [0.25, 0.3) is 11.4 Å². The number of carbonyl (C=O) groups excluding carboxylic acids is 1. The Hall–Kier alpha value is -2.96. The van der Waals surface area contributed by atoms with Crippen LogP contribution in [-0.4, -0.2) is 30.8 Å². The van der Waals surface area contributed by atoms with Crippen LogP contribution in [0.4, 0.5) is 0 Å². The lowest BCUT2D eigenvalue weighted by Gasteiger charge is -2.13. The fourth-order valence-corrected chi connectivity index (χ4v) is 4.20. The molecule has 2 aromatic carbocycles. The van der Waals surface area contributed by atoms with Gasteiger partial charge in [-0.25, -0.2) is 0 Å². The molecule has 4 rings (SSSR count). The van der Waals surface area contributed by atoms with Gasteiger partial charge in [0.15, 0.2) is 16.8 Å². The Morgan fingerprint density at radius 3 is 2.53 bits per heavy atom. The van der Waals surface area contributed by atoms with Gasteiger partial charge in [-0.05, 0) is 36.8 Å². The third-order valence-corrected chi connectivity index (χ3v) is 5.92. The van der Waals surface area contributed by atoms with Gasteiger partial charge in [0.2, 0.25) is 0 Å². The van der Waals surface area contributed by atoms with Crippen LogP contribution in [0, 0.1) is 0 Å². The van der Waals surface area contributed by atoms with E-state index in [1.54, 1.807) is 36.7 Å². The zero-order valence-corrected chi connectivity index (χ0v) is 17.8. The minimum Gasteiger partial charge on any atom is -0.298 e. The van der Waals surface area contributed by atoms with E-state index in [-0.39, 0.29) is 11.0 Å². The standard InChI is InChI=1S/C23H19ClN4OS/c1-16(21(29)19-8-5-9-20(24)14-19)30-23-27-26-22(18-10-12-25-13-11-18)28(23)15-17-6-3-2-4-7-17/h2-14,16H,15H2,1H3. The summed E-state index contributed by atoms with van der Waals surface area (Å²) in [7, 11) is 0. The van der Waals surface area contributed by atoms with Crippen molar-refractivity contribution in [3.05, 3.63) is 95.3 Å². The maximum absolute atomic E-state index is 12.9. The average molecular weight is 435 g/mol. The summed E-state index contributed by atoms with van der Waals surface area (Å²) in [6.07, 6.45) is 3.46. The zero-order valence-electron chi connectivity index (χ0n) is 16.3. The van der Waals surface area contributed by atoms with Gasteiger partial charge in [0.05, 0.1) is 11.8 Å². The van der Waals surface area contributed by atoms with Crippen molar-refractivity contribution in [2.24, 2.45) is 0 Å². The number of ketones is 1. The highest BCUT2D eigenvalue weighted by Gasteiger charge is 2.22. The molecule has 0 amide bonds. The number of hydrogen-bond donors (Lipinski definition) is 0. The zero-order chi connectivity index (χ0) is 20.9. The molecule has 4 aromatic rings. The smallest absolute Gasteiger partial charge is 0.192 e. The second kappa shape index (κ2) is 9.24. The van der Waals surface area contributed by atoms with Gasteiger partial charge in [0, 0.05) is 28.5 Å². The van der Waals surface area contributed by atoms with Crippen molar-refractivity contribution < 1.29 is 4.79 Å².